The van der Waals surface area contributed by atoms with Crippen LogP contribution in [0.2, 0.25) is 0 Å². The van der Waals surface area contributed by atoms with Crippen molar-refractivity contribution in [1.29, 1.82) is 0 Å². The average Bonchev–Trinajstić information content (AvgIpc) is 2.47. The van der Waals surface area contributed by atoms with E-state index in [9.17, 15) is 0 Å². The lowest BCUT2D eigenvalue weighted by molar-refractivity contribution is 0.339. The zero-order valence-electron chi connectivity index (χ0n) is 11.5. The lowest BCUT2D eigenvalue weighted by atomic mass is 9.99. The van der Waals surface area contributed by atoms with Crippen LogP contribution in [-0.2, 0) is 6.42 Å². The quantitative estimate of drug-likeness (QED) is 0.626. The summed E-state index contributed by atoms with van der Waals surface area (Å²) in [4.78, 5) is 0. The van der Waals surface area contributed by atoms with Crippen molar-refractivity contribution < 1.29 is 4.74 Å². The molecule has 0 saturated heterocycles. The van der Waals surface area contributed by atoms with E-state index in [0.29, 0.717) is 6.61 Å². The molecule has 0 bridgehead atoms. The lowest BCUT2D eigenvalue weighted by Crippen LogP contribution is -2.29. The molecule has 4 heteroatoms. The summed E-state index contributed by atoms with van der Waals surface area (Å²) in [6.45, 7) is 2.64. The van der Waals surface area contributed by atoms with Crippen LogP contribution in [0.25, 0.3) is 0 Å². The zero-order valence-corrected chi connectivity index (χ0v) is 13.1. The van der Waals surface area contributed by atoms with Gasteiger partial charge in [0.1, 0.15) is 5.75 Å². The number of hydrogen-bond acceptors (Lipinski definition) is 3. The first-order valence-electron chi connectivity index (χ1n) is 6.67. The van der Waals surface area contributed by atoms with Gasteiger partial charge in [0, 0.05) is 4.47 Å². The first kappa shape index (κ1) is 15.0. The Balaban J connectivity index is 2.20. The third kappa shape index (κ3) is 3.82. The molecule has 0 aromatic heterocycles. The molecule has 0 aliphatic heterocycles. The summed E-state index contributed by atoms with van der Waals surface area (Å²) >= 11 is 3.57. The van der Waals surface area contributed by atoms with Crippen LogP contribution < -0.4 is 16.0 Å². The van der Waals surface area contributed by atoms with Crippen molar-refractivity contribution in [2.24, 2.45) is 5.84 Å². The van der Waals surface area contributed by atoms with E-state index >= 15 is 0 Å². The minimum atomic E-state index is 0.0501. The maximum absolute atomic E-state index is 5.72. The number of hydrogen-bond donors (Lipinski definition) is 2. The molecule has 2 aromatic carbocycles. The Kier molecular flexibility index (Phi) is 5.59. The number of halogens is 1. The second-order valence-corrected chi connectivity index (χ2v) is 5.37. The van der Waals surface area contributed by atoms with E-state index in [2.05, 4.69) is 33.5 Å². The molecule has 0 aliphatic rings. The van der Waals surface area contributed by atoms with Crippen LogP contribution in [0.4, 0.5) is 0 Å². The maximum Gasteiger partial charge on any atom is 0.119 e. The van der Waals surface area contributed by atoms with Gasteiger partial charge in [-0.3, -0.25) is 11.3 Å². The summed E-state index contributed by atoms with van der Waals surface area (Å²) in [5, 5.41) is 0. The van der Waals surface area contributed by atoms with Crippen LogP contribution in [0.1, 0.15) is 24.1 Å². The molecule has 2 rings (SSSR count). The van der Waals surface area contributed by atoms with Crippen molar-refractivity contribution in [2.45, 2.75) is 19.4 Å². The van der Waals surface area contributed by atoms with Crippen molar-refractivity contribution in [1.82, 2.24) is 5.43 Å². The van der Waals surface area contributed by atoms with Gasteiger partial charge in [0.25, 0.3) is 0 Å². The fourth-order valence-corrected chi connectivity index (χ4v) is 2.59. The van der Waals surface area contributed by atoms with Gasteiger partial charge in [0.05, 0.1) is 12.6 Å². The molecule has 20 heavy (non-hydrogen) atoms. The minimum absolute atomic E-state index is 0.0501. The van der Waals surface area contributed by atoms with E-state index in [0.717, 1.165) is 22.2 Å². The highest BCUT2D eigenvalue weighted by atomic mass is 79.9. The van der Waals surface area contributed by atoms with Gasteiger partial charge < -0.3 is 4.74 Å². The minimum Gasteiger partial charge on any atom is -0.494 e. The van der Waals surface area contributed by atoms with Crippen LogP contribution >= 0.6 is 15.9 Å². The van der Waals surface area contributed by atoms with Gasteiger partial charge in [0.2, 0.25) is 0 Å². The fraction of sp³-hybridized carbons (Fsp3) is 0.250. The van der Waals surface area contributed by atoms with E-state index in [4.69, 9.17) is 10.6 Å². The average molecular weight is 335 g/mol. The van der Waals surface area contributed by atoms with Crippen molar-refractivity contribution in [3.05, 3.63) is 64.1 Å². The highest BCUT2D eigenvalue weighted by Crippen LogP contribution is 2.25. The van der Waals surface area contributed by atoms with Gasteiger partial charge in [-0.05, 0) is 42.7 Å². The molecular formula is C16H19BrN2O. The van der Waals surface area contributed by atoms with Crippen LogP contribution in [0.5, 0.6) is 5.75 Å². The van der Waals surface area contributed by atoms with Gasteiger partial charge in [0.15, 0.2) is 0 Å². The summed E-state index contributed by atoms with van der Waals surface area (Å²) < 4.78 is 6.64. The first-order chi connectivity index (χ1) is 9.74. The number of rotatable bonds is 6. The van der Waals surface area contributed by atoms with E-state index < -0.39 is 0 Å². The van der Waals surface area contributed by atoms with Gasteiger partial charge in [-0.25, -0.2) is 0 Å². The van der Waals surface area contributed by atoms with Crippen molar-refractivity contribution in [2.75, 3.05) is 6.61 Å². The van der Waals surface area contributed by atoms with Crippen molar-refractivity contribution in [3.63, 3.8) is 0 Å². The van der Waals surface area contributed by atoms with E-state index in [1.165, 1.54) is 5.56 Å². The number of ether oxygens (including phenoxy) is 1. The van der Waals surface area contributed by atoms with Gasteiger partial charge in [-0.1, -0.05) is 46.3 Å². The Labute approximate surface area is 128 Å². The Hall–Kier alpha value is -1.36. The smallest absolute Gasteiger partial charge is 0.119 e. The molecule has 0 fully saturated rings. The fourth-order valence-electron chi connectivity index (χ4n) is 2.14. The van der Waals surface area contributed by atoms with E-state index in [-0.39, 0.29) is 6.04 Å². The van der Waals surface area contributed by atoms with Crippen LogP contribution in [-0.4, -0.2) is 6.61 Å². The third-order valence-electron chi connectivity index (χ3n) is 3.15. The molecule has 106 valence electrons. The summed E-state index contributed by atoms with van der Waals surface area (Å²) in [5.41, 5.74) is 5.23. The maximum atomic E-state index is 5.72. The predicted octanol–water partition coefficient (Wildman–Crippen LogP) is 3.59. The van der Waals surface area contributed by atoms with E-state index in [1.54, 1.807) is 0 Å². The lowest BCUT2D eigenvalue weighted by Gasteiger charge is -2.18. The molecule has 0 radical (unpaired) electrons. The molecule has 1 atom stereocenters. The first-order valence-corrected chi connectivity index (χ1v) is 7.46. The standard InChI is InChI=1S/C16H19BrN2O/c1-2-20-14-8-5-7-13(10-14)16(19-18)11-12-6-3-4-9-15(12)17/h3-10,16,19H,2,11,18H2,1H3. The summed E-state index contributed by atoms with van der Waals surface area (Å²) in [5.74, 6) is 6.59. The molecule has 0 amide bonds. The molecule has 3 N–H and O–H groups in total. The molecular weight excluding hydrogens is 316 g/mol. The number of hydrazine groups is 1. The molecule has 0 saturated carbocycles. The zero-order chi connectivity index (χ0) is 14.4. The molecule has 0 heterocycles. The summed E-state index contributed by atoms with van der Waals surface area (Å²) in [6, 6.07) is 16.3. The molecule has 1 unspecified atom stereocenters. The topological polar surface area (TPSA) is 47.3 Å². The predicted molar refractivity (Wildman–Crippen MR) is 85.5 cm³/mol. The molecule has 3 nitrogen and oxygen atoms in total. The number of benzene rings is 2. The highest BCUT2D eigenvalue weighted by Gasteiger charge is 2.13. The second-order valence-electron chi connectivity index (χ2n) is 4.52. The highest BCUT2D eigenvalue weighted by molar-refractivity contribution is 9.10. The number of nitrogens with two attached hydrogens (primary N) is 1. The van der Waals surface area contributed by atoms with Crippen molar-refractivity contribution >= 4 is 15.9 Å². The van der Waals surface area contributed by atoms with Crippen molar-refractivity contribution in [3.8, 4) is 5.75 Å². The number of nitrogens with one attached hydrogen (secondary N) is 1. The molecule has 0 spiro atoms. The van der Waals surface area contributed by atoms with Crippen LogP contribution in [0.3, 0.4) is 0 Å². The summed E-state index contributed by atoms with van der Waals surface area (Å²) in [6.07, 6.45) is 0.813. The molecule has 0 aliphatic carbocycles. The Morgan fingerprint density at radius 1 is 1.20 bits per heavy atom. The van der Waals surface area contributed by atoms with E-state index in [1.807, 2.05) is 43.3 Å². The monoisotopic (exact) mass is 334 g/mol. The Morgan fingerprint density at radius 2 is 2.00 bits per heavy atom. The second kappa shape index (κ2) is 7.43. The van der Waals surface area contributed by atoms with Gasteiger partial charge >= 0.3 is 0 Å². The van der Waals surface area contributed by atoms with Crippen LogP contribution in [0.15, 0.2) is 53.0 Å². The van der Waals surface area contributed by atoms with Gasteiger partial charge in [-0.2, -0.15) is 0 Å². The Bertz CT molecular complexity index is 560. The SMILES string of the molecule is CCOc1cccc(C(Cc2ccccc2Br)NN)c1. The largest absolute Gasteiger partial charge is 0.494 e. The van der Waals surface area contributed by atoms with Crippen LogP contribution in [0, 0.1) is 0 Å². The van der Waals surface area contributed by atoms with Gasteiger partial charge in [-0.15, -0.1) is 0 Å². The normalized spacial score (nSPS) is 12.2. The Morgan fingerprint density at radius 3 is 2.70 bits per heavy atom. The third-order valence-corrected chi connectivity index (χ3v) is 3.93. The summed E-state index contributed by atoms with van der Waals surface area (Å²) in [7, 11) is 0. The molecule has 2 aromatic rings.